The highest BCUT2D eigenvalue weighted by Crippen LogP contribution is 2.20. The van der Waals surface area contributed by atoms with E-state index >= 15 is 0 Å². The van der Waals surface area contributed by atoms with Crippen LogP contribution >= 0.6 is 23.4 Å². The van der Waals surface area contributed by atoms with Gasteiger partial charge in [-0.2, -0.15) is 0 Å². The van der Waals surface area contributed by atoms with Crippen molar-refractivity contribution in [2.24, 2.45) is 0 Å². The van der Waals surface area contributed by atoms with Crippen LogP contribution in [0, 0.1) is 5.82 Å². The first kappa shape index (κ1) is 23.6. The van der Waals surface area contributed by atoms with Gasteiger partial charge in [-0.25, -0.2) is 4.39 Å². The molecule has 2 aromatic carbocycles. The second kappa shape index (κ2) is 11.5. The van der Waals surface area contributed by atoms with Gasteiger partial charge in [0.2, 0.25) is 11.8 Å². The lowest BCUT2D eigenvalue weighted by Crippen LogP contribution is -2.50. The molecule has 1 aliphatic carbocycles. The zero-order valence-corrected chi connectivity index (χ0v) is 19.2. The van der Waals surface area contributed by atoms with Gasteiger partial charge in [-0.3, -0.25) is 9.59 Å². The highest BCUT2D eigenvalue weighted by molar-refractivity contribution is 7.99. The van der Waals surface area contributed by atoms with Crippen LogP contribution in [0.25, 0.3) is 0 Å². The monoisotopic (exact) mass is 462 g/mol. The van der Waals surface area contributed by atoms with E-state index in [4.69, 9.17) is 11.6 Å². The molecule has 166 valence electrons. The van der Waals surface area contributed by atoms with Crippen LogP contribution in [0.3, 0.4) is 0 Å². The quantitative estimate of drug-likeness (QED) is 0.558. The van der Waals surface area contributed by atoms with Crippen LogP contribution in [0.2, 0.25) is 5.02 Å². The van der Waals surface area contributed by atoms with Gasteiger partial charge in [-0.05, 0) is 55.2 Å². The Morgan fingerprint density at radius 3 is 2.35 bits per heavy atom. The van der Waals surface area contributed by atoms with Crippen LogP contribution < -0.4 is 5.32 Å². The van der Waals surface area contributed by atoms with Gasteiger partial charge >= 0.3 is 0 Å². The molecule has 1 N–H and O–H groups in total. The summed E-state index contributed by atoms with van der Waals surface area (Å²) in [6.07, 6.45) is 4.22. The first-order valence-corrected chi connectivity index (χ1v) is 12.1. The summed E-state index contributed by atoms with van der Waals surface area (Å²) in [5, 5.41) is 3.76. The fraction of sp³-hybridized carbons (Fsp3) is 0.417. The molecule has 1 fully saturated rings. The zero-order valence-electron chi connectivity index (χ0n) is 17.7. The molecule has 2 aromatic rings. The molecule has 0 bridgehead atoms. The number of amides is 2. The fourth-order valence-electron chi connectivity index (χ4n) is 3.68. The Kier molecular flexibility index (Phi) is 8.79. The Labute approximate surface area is 192 Å². The third kappa shape index (κ3) is 7.25. The fourth-order valence-corrected chi connectivity index (χ4v) is 4.68. The lowest BCUT2D eigenvalue weighted by Gasteiger charge is -2.29. The van der Waals surface area contributed by atoms with Crippen LogP contribution in [0.15, 0.2) is 48.5 Å². The summed E-state index contributed by atoms with van der Waals surface area (Å²) in [6.45, 7) is 2.02. The van der Waals surface area contributed by atoms with Crippen molar-refractivity contribution in [2.75, 3.05) is 5.75 Å². The van der Waals surface area contributed by atoms with E-state index in [1.165, 1.54) is 23.9 Å². The van der Waals surface area contributed by atoms with E-state index in [0.717, 1.165) is 36.8 Å². The Hall–Kier alpha value is -2.05. The summed E-state index contributed by atoms with van der Waals surface area (Å²) in [7, 11) is 0. The first-order chi connectivity index (χ1) is 14.9. The zero-order chi connectivity index (χ0) is 22.2. The smallest absolute Gasteiger partial charge is 0.242 e. The minimum atomic E-state index is -0.603. The van der Waals surface area contributed by atoms with Gasteiger partial charge in [0.15, 0.2) is 0 Å². The third-order valence-corrected chi connectivity index (χ3v) is 6.78. The molecule has 0 saturated heterocycles. The van der Waals surface area contributed by atoms with Crippen molar-refractivity contribution in [1.82, 2.24) is 10.2 Å². The summed E-state index contributed by atoms with van der Waals surface area (Å²) >= 11 is 7.42. The second-order valence-corrected chi connectivity index (χ2v) is 9.36. The van der Waals surface area contributed by atoms with E-state index in [2.05, 4.69) is 5.32 Å². The van der Waals surface area contributed by atoms with E-state index in [1.54, 1.807) is 24.0 Å². The molecule has 31 heavy (non-hydrogen) atoms. The minimum Gasteiger partial charge on any atom is -0.352 e. The number of rotatable bonds is 9. The lowest BCUT2D eigenvalue weighted by atomic mass is 10.1. The highest BCUT2D eigenvalue weighted by atomic mass is 35.5. The van der Waals surface area contributed by atoms with Crippen molar-refractivity contribution >= 4 is 35.2 Å². The molecule has 0 unspecified atom stereocenters. The molecule has 0 heterocycles. The van der Waals surface area contributed by atoms with E-state index < -0.39 is 6.04 Å². The van der Waals surface area contributed by atoms with Gasteiger partial charge in [0.05, 0.1) is 5.75 Å². The number of halogens is 2. The number of hydrogen-bond donors (Lipinski definition) is 1. The van der Waals surface area contributed by atoms with E-state index in [0.29, 0.717) is 10.8 Å². The topological polar surface area (TPSA) is 49.4 Å². The largest absolute Gasteiger partial charge is 0.352 e. The number of carbonyl (C=O) groups is 2. The number of hydrogen-bond acceptors (Lipinski definition) is 3. The Morgan fingerprint density at radius 2 is 1.71 bits per heavy atom. The number of benzene rings is 2. The molecule has 0 aliphatic heterocycles. The van der Waals surface area contributed by atoms with Gasteiger partial charge in [0.1, 0.15) is 11.9 Å². The third-order valence-electron chi connectivity index (χ3n) is 5.54. The molecule has 4 nitrogen and oxygen atoms in total. The van der Waals surface area contributed by atoms with Crippen molar-refractivity contribution in [3.05, 3.63) is 70.5 Å². The molecule has 7 heteroatoms. The lowest BCUT2D eigenvalue weighted by molar-refractivity contribution is -0.138. The Balaban J connectivity index is 1.64. The molecule has 1 atom stereocenters. The van der Waals surface area contributed by atoms with Gasteiger partial charge < -0.3 is 10.2 Å². The van der Waals surface area contributed by atoms with Crippen LogP contribution in [-0.4, -0.2) is 34.6 Å². The minimum absolute atomic E-state index is 0.114. The number of nitrogens with one attached hydrogen (secondary N) is 1. The van der Waals surface area contributed by atoms with Gasteiger partial charge in [-0.15, -0.1) is 11.8 Å². The molecular formula is C24H28ClFN2O2S. The Morgan fingerprint density at radius 1 is 1.10 bits per heavy atom. The SMILES string of the molecule is C[C@H](C(=O)NC1CCCC1)N(Cc1ccc(F)cc1)C(=O)CSCc1ccc(Cl)cc1. The summed E-state index contributed by atoms with van der Waals surface area (Å²) < 4.78 is 13.3. The molecule has 1 saturated carbocycles. The number of thioether (sulfide) groups is 1. The van der Waals surface area contributed by atoms with Gasteiger partial charge in [0.25, 0.3) is 0 Å². The summed E-state index contributed by atoms with van der Waals surface area (Å²) in [5.74, 6) is 0.357. The van der Waals surface area contributed by atoms with Crippen molar-refractivity contribution in [3.63, 3.8) is 0 Å². The summed E-state index contributed by atoms with van der Waals surface area (Å²) in [5.41, 5.74) is 1.87. The Bertz CT molecular complexity index is 870. The average Bonchev–Trinajstić information content (AvgIpc) is 3.27. The normalized spacial score (nSPS) is 14.9. The maximum absolute atomic E-state index is 13.3. The molecule has 0 aromatic heterocycles. The first-order valence-electron chi connectivity index (χ1n) is 10.6. The van der Waals surface area contributed by atoms with Crippen LogP contribution in [0.1, 0.15) is 43.7 Å². The van der Waals surface area contributed by atoms with Crippen molar-refractivity contribution in [2.45, 2.75) is 57.0 Å². The van der Waals surface area contributed by atoms with Crippen LogP contribution in [0.4, 0.5) is 4.39 Å². The van der Waals surface area contributed by atoms with E-state index in [1.807, 2.05) is 24.3 Å². The molecule has 1 aliphatic rings. The number of nitrogens with zero attached hydrogens (tertiary/aromatic N) is 1. The molecule has 2 amide bonds. The van der Waals surface area contributed by atoms with E-state index in [9.17, 15) is 14.0 Å². The maximum Gasteiger partial charge on any atom is 0.242 e. The van der Waals surface area contributed by atoms with Crippen LogP contribution in [-0.2, 0) is 21.9 Å². The maximum atomic E-state index is 13.3. The summed E-state index contributed by atoms with van der Waals surface area (Å²) in [6, 6.07) is 13.2. The standard InChI is InChI=1S/C24H28ClFN2O2S/c1-17(24(30)27-22-4-2-3-5-22)28(14-18-8-12-21(26)13-9-18)23(29)16-31-15-19-6-10-20(25)11-7-19/h6-13,17,22H,2-5,14-16H2,1H3,(H,27,30)/t17-/m1/s1. The molecular weight excluding hydrogens is 435 g/mol. The molecule has 0 radical (unpaired) electrons. The molecule has 3 rings (SSSR count). The summed E-state index contributed by atoms with van der Waals surface area (Å²) in [4.78, 5) is 27.5. The van der Waals surface area contributed by atoms with Crippen molar-refractivity contribution < 1.29 is 14.0 Å². The van der Waals surface area contributed by atoms with Gasteiger partial charge in [0, 0.05) is 23.4 Å². The average molecular weight is 463 g/mol. The predicted octanol–water partition coefficient (Wildman–Crippen LogP) is 5.19. The van der Waals surface area contributed by atoms with Crippen LogP contribution in [0.5, 0.6) is 0 Å². The van der Waals surface area contributed by atoms with Crippen molar-refractivity contribution in [1.29, 1.82) is 0 Å². The van der Waals surface area contributed by atoms with E-state index in [-0.39, 0.29) is 36.0 Å². The highest BCUT2D eigenvalue weighted by Gasteiger charge is 2.28. The van der Waals surface area contributed by atoms with Gasteiger partial charge in [-0.1, -0.05) is 48.7 Å². The number of carbonyl (C=O) groups excluding carboxylic acids is 2. The second-order valence-electron chi connectivity index (χ2n) is 7.93. The van der Waals surface area contributed by atoms with Crippen molar-refractivity contribution in [3.8, 4) is 0 Å². The molecule has 0 spiro atoms. The predicted molar refractivity (Wildman–Crippen MR) is 124 cm³/mol.